The zero-order chi connectivity index (χ0) is 103. The van der Waals surface area contributed by atoms with E-state index in [1.807, 2.05) is 0 Å². The molecule has 0 N–H and O–H groups in total. The maximum Gasteiger partial charge on any atom is 0.573 e. The highest BCUT2D eigenvalue weighted by Gasteiger charge is 2.69. The highest BCUT2D eigenvalue weighted by molar-refractivity contribution is 7.48. The topological polar surface area (TPSA) is 347 Å². The molecule has 12 aromatic rings. The number of ether oxygens (including phenoxy) is 3. The second-order valence-electron chi connectivity index (χ2n) is 39.1. The zero-order valence-electron chi connectivity index (χ0n) is 79.4. The molecule has 0 radical (unpaired) electrons. The molecule has 3 aromatic carbocycles. The summed E-state index contributed by atoms with van der Waals surface area (Å²) < 4.78 is 215. The van der Waals surface area contributed by atoms with Gasteiger partial charge in [0.25, 0.3) is 34.4 Å². The van der Waals surface area contributed by atoms with E-state index in [1.54, 1.807) is 125 Å². The van der Waals surface area contributed by atoms with E-state index < -0.39 is 194 Å². The molecule has 9 aromatic heterocycles. The summed E-state index contributed by atoms with van der Waals surface area (Å²) >= 11 is 22.7. The Balaban J connectivity index is 1.29. The maximum atomic E-state index is 20.3. The van der Waals surface area contributed by atoms with Gasteiger partial charge in [-0.25, -0.2) is 18.9 Å². The third kappa shape index (κ3) is 19.1. The number of benzene rings is 3. The van der Waals surface area contributed by atoms with Gasteiger partial charge in [0.1, 0.15) is 50.7 Å². The fourth-order valence-corrected chi connectivity index (χ4v) is 24.9. The van der Waals surface area contributed by atoms with E-state index in [4.69, 9.17) is 76.6 Å². The van der Waals surface area contributed by atoms with Crippen LogP contribution in [0.15, 0.2) is 128 Å². The number of nitrogens with zero attached hydrogens (tertiary/aromatic N) is 12. The van der Waals surface area contributed by atoms with Crippen LogP contribution in [0.5, 0.6) is 17.2 Å². The first-order valence-electron chi connectivity index (χ1n) is 41.9. The van der Waals surface area contributed by atoms with Crippen LogP contribution in [0.25, 0.3) is 67.1 Å². The maximum absolute atomic E-state index is 20.3. The minimum absolute atomic E-state index is 0.00653. The standard InChI is InChI=1S/C90H99Cl3F9N12O19PS3/c1-43-49(64-67(118)106(22)76(121)109(25)70(64)125-43)37-61(115)103-73-112(55(40-135-73)46-28-31-58(52(91)34-46)128-88(94,95)96)85(79(4,5)6,80(7,8)9)131-134(124,132-86(81(10,11)12,82(13,14)15)113-56(47-29-32-59(53(92)35-47)129-89(97,98)99)41-136-74(113)104-62(116)38-50-44(2)126-71-65(50)68(119)107(23)77(122)110(71)26)133-87(83(16,17)18,84(19,20)21)114-57(48-30-33-60(54(93)36-48)130-90(100,101)102)42-137-75(114)105-63(117)39-51-45(3)127-72-66(51)69(120)108(24)78(123)111(72)27/h28-36,40-42H,37-39H2,1-27H3. The smallest absolute Gasteiger partial charge is 0.444 e. The molecule has 0 saturated carbocycles. The van der Waals surface area contributed by atoms with Crippen molar-refractivity contribution in [2.75, 3.05) is 0 Å². The molecule has 0 unspecified atom stereocenters. The normalized spacial score (nSPS) is 14.3. The van der Waals surface area contributed by atoms with Gasteiger partial charge in [-0.1, -0.05) is 159 Å². The number of thiazole rings is 3. The molecule has 0 aliphatic carbocycles. The number of phosphoric ester groups is 1. The molecule has 0 fully saturated rings. The Kier molecular flexibility index (Phi) is 27.6. The van der Waals surface area contributed by atoms with Gasteiger partial charge in [0.15, 0.2) is 31.6 Å². The number of phosphoric acid groups is 1. The van der Waals surface area contributed by atoms with Crippen molar-refractivity contribution in [3.05, 3.63) is 197 Å². The van der Waals surface area contributed by atoms with Crippen LogP contribution in [0.4, 0.5) is 39.5 Å². The van der Waals surface area contributed by atoms with E-state index in [0.717, 1.165) is 82.0 Å². The SMILES string of the molecule is Cc1oc2c(c1CC(=O)N=c1scc(-c3ccc(OC(F)(F)F)c(Cl)c3)n1C(OP(=O)(OC(n1c(-c3ccc(OC(F)(F)F)c(Cl)c3)csc1=NC(=O)Cc1c(C)oc3c1c(=O)n(C)c(=O)n3C)(C(C)(C)C)C(C)(C)C)OC(n1c(-c3ccc(OC(F)(F)F)c(Cl)c3)csc1=NC(=O)Cc1c(C)oc3c1c(=O)n(C)c(=O)n3C)(C(C)(C)C)C(C)(C)C)(C(C)(C)C)C(C)(C)C)c(=O)n(C)c(=O)n2C. The molecule has 12 rings (SSSR count). The first-order chi connectivity index (χ1) is 62.6. The summed E-state index contributed by atoms with van der Waals surface area (Å²) in [6, 6.07) is 9.37. The highest BCUT2D eigenvalue weighted by Crippen LogP contribution is 2.73. The second-order valence-corrected chi connectivity index (χ2v) is 44.2. The van der Waals surface area contributed by atoms with Crippen LogP contribution in [0.2, 0.25) is 15.1 Å². The number of carbonyl (C=O) groups is 3. The second kappa shape index (κ2) is 35.9. The third-order valence-corrected chi connectivity index (χ3v) is 28.5. The van der Waals surface area contributed by atoms with Crippen molar-refractivity contribution >= 4 is 128 Å². The summed E-state index contributed by atoms with van der Waals surface area (Å²) in [7, 11) is 0.938. The van der Waals surface area contributed by atoms with E-state index in [0.29, 0.717) is 34.0 Å². The average molecular weight is 2060 g/mol. The van der Waals surface area contributed by atoms with Crippen LogP contribution in [-0.4, -0.2) is 77.9 Å². The molecule has 9 heterocycles. The summed E-state index contributed by atoms with van der Waals surface area (Å²) in [6.45, 7) is 32.9. The quantitative estimate of drug-likeness (QED) is 0.0476. The number of carbonyl (C=O) groups excluding carboxylic acids is 3. The van der Waals surface area contributed by atoms with Gasteiger partial charge in [0, 0.05) is 124 Å². The van der Waals surface area contributed by atoms with Gasteiger partial charge >= 0.3 is 44.0 Å². The van der Waals surface area contributed by atoms with Gasteiger partial charge < -0.3 is 27.5 Å². The van der Waals surface area contributed by atoms with E-state index in [2.05, 4.69) is 14.2 Å². The number of hydrogen-bond acceptors (Lipinski definition) is 22. The lowest BCUT2D eigenvalue weighted by Gasteiger charge is -2.60. The summed E-state index contributed by atoms with van der Waals surface area (Å²) in [4.78, 5) is 143. The largest absolute Gasteiger partial charge is 0.573 e. The number of halogens is 12. The number of furan rings is 3. The van der Waals surface area contributed by atoms with E-state index >= 15 is 18.9 Å². The Bertz CT molecular complexity index is 6900. The van der Waals surface area contributed by atoms with Gasteiger partial charge in [0.2, 0.25) is 17.1 Å². The van der Waals surface area contributed by atoms with E-state index in [1.165, 1.54) is 92.9 Å². The lowest BCUT2D eigenvalue weighted by Crippen LogP contribution is -2.63. The lowest BCUT2D eigenvalue weighted by molar-refractivity contribution is -0.275. The fourth-order valence-electron chi connectivity index (χ4n) is 18.4. The number of aryl methyl sites for hydroxylation is 6. The number of fused-ring (bicyclic) bond motifs is 3. The Hall–Kier alpha value is -10.6. The summed E-state index contributed by atoms with van der Waals surface area (Å²) in [5.74, 6) is -5.90. The summed E-state index contributed by atoms with van der Waals surface area (Å²) in [5, 5.41) is 1.66. The van der Waals surface area contributed by atoms with Crippen molar-refractivity contribution in [1.82, 2.24) is 41.1 Å². The minimum Gasteiger partial charge on any atom is -0.444 e. The van der Waals surface area contributed by atoms with Crippen molar-refractivity contribution in [3.8, 4) is 51.0 Å². The first kappa shape index (κ1) is 105. The third-order valence-electron chi connectivity index (χ3n) is 23.7. The molecule has 0 aliphatic heterocycles. The Morgan fingerprint density at radius 2 is 0.577 bits per heavy atom. The zero-order valence-corrected chi connectivity index (χ0v) is 85.0. The predicted molar refractivity (Wildman–Crippen MR) is 497 cm³/mol. The number of rotatable bonds is 21. The molecule has 0 bridgehead atoms. The van der Waals surface area contributed by atoms with Crippen LogP contribution >= 0.6 is 76.6 Å². The van der Waals surface area contributed by atoms with Crippen LogP contribution in [0.1, 0.15) is 159 Å². The molecular weight excluding hydrogens is 1960 g/mol. The Morgan fingerprint density at radius 1 is 0.365 bits per heavy atom. The molecule has 0 atom stereocenters. The van der Waals surface area contributed by atoms with Gasteiger partial charge in [0.05, 0.1) is 51.4 Å². The Morgan fingerprint density at radius 3 is 0.766 bits per heavy atom. The van der Waals surface area contributed by atoms with Crippen molar-refractivity contribution in [2.45, 2.75) is 201 Å². The lowest BCUT2D eigenvalue weighted by atomic mass is 9.68. The van der Waals surface area contributed by atoms with Gasteiger partial charge in [-0.2, -0.15) is 15.0 Å². The van der Waals surface area contributed by atoms with Crippen molar-refractivity contribution in [2.24, 2.45) is 89.8 Å². The van der Waals surface area contributed by atoms with Gasteiger partial charge in [-0.05, 0) is 75.4 Å². The van der Waals surface area contributed by atoms with Crippen molar-refractivity contribution in [1.29, 1.82) is 0 Å². The van der Waals surface area contributed by atoms with Crippen LogP contribution in [0.3, 0.4) is 0 Å². The molecule has 3 amide bonds. The number of hydrogen-bond donors (Lipinski definition) is 0. The molecular formula is C90H99Cl3F9N12O19PS3. The molecule has 137 heavy (non-hydrogen) atoms. The number of aromatic nitrogens is 9. The molecule has 0 saturated heterocycles. The summed E-state index contributed by atoms with van der Waals surface area (Å²) in [6.07, 6.45) is -18.3. The number of amides is 3. The van der Waals surface area contributed by atoms with Crippen molar-refractivity contribution in [3.63, 3.8) is 0 Å². The molecule has 0 aliphatic rings. The molecule has 740 valence electrons. The highest BCUT2D eigenvalue weighted by atomic mass is 35.5. The number of alkyl halides is 9. The van der Waals surface area contributed by atoms with E-state index in [-0.39, 0.29) is 101 Å². The van der Waals surface area contributed by atoms with Crippen LogP contribution < -0.4 is 62.4 Å². The molecule has 31 nitrogen and oxygen atoms in total. The predicted octanol–water partition coefficient (Wildman–Crippen LogP) is 19.1. The fraction of sp³-hybridized carbons (Fsp3) is 0.467. The molecule has 47 heteroatoms. The van der Waals surface area contributed by atoms with Gasteiger partial charge in [-0.15, -0.1) is 73.5 Å². The molecule has 0 spiro atoms. The summed E-state index contributed by atoms with van der Waals surface area (Å²) in [5.41, 5.74) is -25.7. The first-order valence-corrected chi connectivity index (χ1v) is 47.1. The Labute approximate surface area is 801 Å². The monoisotopic (exact) mass is 2050 g/mol. The van der Waals surface area contributed by atoms with E-state index in [9.17, 15) is 68.3 Å². The van der Waals surface area contributed by atoms with Crippen LogP contribution in [-0.2, 0) is 111 Å². The average Bonchev–Trinajstić information content (AvgIpc) is 1.60. The van der Waals surface area contributed by atoms with Gasteiger partial charge in [-0.3, -0.25) is 83.4 Å². The van der Waals surface area contributed by atoms with Crippen LogP contribution in [0, 0.1) is 53.3 Å². The van der Waals surface area contributed by atoms with Crippen molar-refractivity contribution < 1.29 is 99.5 Å². The minimum atomic E-state index is -6.68.